The standard InChI is InChI=1S/C22H30N4O2/c1-15(2)12-13-23-21(27)19-11-10-18-16(3)25(4)24-20(18)22(28)26(19)14-17-8-6-5-7-9-17/h5-9,15,19H,10-14H2,1-4H3,(H,23,27). The van der Waals surface area contributed by atoms with Crippen molar-refractivity contribution in [3.8, 4) is 0 Å². The normalized spacial score (nSPS) is 16.8. The zero-order chi connectivity index (χ0) is 20.3. The number of aromatic nitrogens is 2. The molecule has 0 fully saturated rings. The van der Waals surface area contributed by atoms with Crippen molar-refractivity contribution >= 4 is 11.8 Å². The number of fused-ring (bicyclic) bond motifs is 1. The summed E-state index contributed by atoms with van der Waals surface area (Å²) in [6.07, 6.45) is 2.20. The molecule has 2 heterocycles. The lowest BCUT2D eigenvalue weighted by Gasteiger charge is -2.29. The second-order valence-corrected chi connectivity index (χ2v) is 7.98. The molecular formula is C22H30N4O2. The molecule has 2 amide bonds. The first-order chi connectivity index (χ1) is 13.4. The van der Waals surface area contributed by atoms with Crippen molar-refractivity contribution in [1.29, 1.82) is 0 Å². The predicted molar refractivity (Wildman–Crippen MR) is 109 cm³/mol. The molecule has 1 N–H and O–H groups in total. The first kappa shape index (κ1) is 20.1. The minimum Gasteiger partial charge on any atom is -0.354 e. The van der Waals surface area contributed by atoms with E-state index in [0.717, 1.165) is 23.2 Å². The Morgan fingerprint density at radius 1 is 1.29 bits per heavy atom. The van der Waals surface area contributed by atoms with E-state index < -0.39 is 6.04 Å². The van der Waals surface area contributed by atoms with Crippen LogP contribution in [0.3, 0.4) is 0 Å². The fourth-order valence-corrected chi connectivity index (χ4v) is 3.67. The maximum Gasteiger partial charge on any atom is 0.275 e. The van der Waals surface area contributed by atoms with E-state index in [1.807, 2.05) is 44.3 Å². The summed E-state index contributed by atoms with van der Waals surface area (Å²) in [5.74, 6) is 0.287. The minimum absolute atomic E-state index is 0.0721. The third-order valence-electron chi connectivity index (χ3n) is 5.48. The van der Waals surface area contributed by atoms with Crippen LogP contribution in [-0.2, 0) is 24.8 Å². The number of benzene rings is 1. The quantitative estimate of drug-likeness (QED) is 0.835. The summed E-state index contributed by atoms with van der Waals surface area (Å²) in [5, 5.41) is 7.49. The van der Waals surface area contributed by atoms with Gasteiger partial charge in [0.15, 0.2) is 5.69 Å². The van der Waals surface area contributed by atoms with Gasteiger partial charge in [0.25, 0.3) is 5.91 Å². The van der Waals surface area contributed by atoms with Crippen molar-refractivity contribution in [2.24, 2.45) is 13.0 Å². The molecule has 150 valence electrons. The van der Waals surface area contributed by atoms with Gasteiger partial charge in [0, 0.05) is 31.4 Å². The Bertz CT molecular complexity index is 842. The highest BCUT2D eigenvalue weighted by Crippen LogP contribution is 2.26. The molecule has 0 saturated carbocycles. The topological polar surface area (TPSA) is 67.2 Å². The second-order valence-electron chi connectivity index (χ2n) is 7.98. The molecule has 6 heteroatoms. The van der Waals surface area contributed by atoms with E-state index in [0.29, 0.717) is 37.5 Å². The molecule has 3 rings (SSSR count). The van der Waals surface area contributed by atoms with Gasteiger partial charge in [-0.2, -0.15) is 5.10 Å². The van der Waals surface area contributed by atoms with E-state index in [2.05, 4.69) is 24.3 Å². The van der Waals surface area contributed by atoms with E-state index in [-0.39, 0.29) is 11.8 Å². The lowest BCUT2D eigenvalue weighted by atomic mass is 10.0. The van der Waals surface area contributed by atoms with Crippen molar-refractivity contribution < 1.29 is 9.59 Å². The summed E-state index contributed by atoms with van der Waals surface area (Å²) in [6, 6.07) is 9.33. The van der Waals surface area contributed by atoms with E-state index in [4.69, 9.17) is 0 Å². The van der Waals surface area contributed by atoms with Crippen LogP contribution < -0.4 is 5.32 Å². The summed E-state index contributed by atoms with van der Waals surface area (Å²) in [7, 11) is 1.86. The highest BCUT2D eigenvalue weighted by molar-refractivity contribution is 5.98. The van der Waals surface area contributed by atoms with Crippen molar-refractivity contribution in [1.82, 2.24) is 20.0 Å². The van der Waals surface area contributed by atoms with Crippen molar-refractivity contribution in [3.63, 3.8) is 0 Å². The number of aryl methyl sites for hydroxylation is 1. The molecule has 0 saturated heterocycles. The SMILES string of the molecule is Cc1c2c(nn1C)C(=O)N(Cc1ccccc1)C(C(=O)NCCC(C)C)CC2. The van der Waals surface area contributed by atoms with Gasteiger partial charge in [0.1, 0.15) is 6.04 Å². The molecule has 1 aromatic carbocycles. The largest absolute Gasteiger partial charge is 0.354 e. The van der Waals surface area contributed by atoms with Gasteiger partial charge in [0.05, 0.1) is 0 Å². The molecule has 1 aliphatic rings. The summed E-state index contributed by atoms with van der Waals surface area (Å²) < 4.78 is 1.76. The fraction of sp³-hybridized carbons (Fsp3) is 0.500. The number of hydrogen-bond donors (Lipinski definition) is 1. The van der Waals surface area contributed by atoms with Crippen LogP contribution in [0.2, 0.25) is 0 Å². The number of carbonyl (C=O) groups is 2. The van der Waals surface area contributed by atoms with Crippen LogP contribution in [0.1, 0.15) is 54.0 Å². The molecule has 1 unspecified atom stereocenters. The maximum atomic E-state index is 13.4. The van der Waals surface area contributed by atoms with Crippen molar-refractivity contribution in [2.75, 3.05) is 6.54 Å². The number of hydrogen-bond acceptors (Lipinski definition) is 3. The number of nitrogens with zero attached hydrogens (tertiary/aromatic N) is 3. The summed E-state index contributed by atoms with van der Waals surface area (Å²) in [6.45, 7) is 7.27. The highest BCUT2D eigenvalue weighted by Gasteiger charge is 2.36. The third kappa shape index (κ3) is 4.26. The van der Waals surface area contributed by atoms with Crippen LogP contribution in [0.4, 0.5) is 0 Å². The molecule has 6 nitrogen and oxygen atoms in total. The lowest BCUT2D eigenvalue weighted by Crippen LogP contribution is -2.49. The molecule has 0 bridgehead atoms. The maximum absolute atomic E-state index is 13.4. The van der Waals surface area contributed by atoms with Gasteiger partial charge in [-0.3, -0.25) is 14.3 Å². The summed E-state index contributed by atoms with van der Waals surface area (Å²) >= 11 is 0. The molecule has 0 spiro atoms. The third-order valence-corrected chi connectivity index (χ3v) is 5.48. The first-order valence-electron chi connectivity index (χ1n) is 10.0. The molecule has 1 aliphatic heterocycles. The first-order valence-corrected chi connectivity index (χ1v) is 10.0. The van der Waals surface area contributed by atoms with Crippen LogP contribution in [-0.4, -0.2) is 39.1 Å². The lowest BCUT2D eigenvalue weighted by molar-refractivity contribution is -0.126. The molecule has 0 aliphatic carbocycles. The van der Waals surface area contributed by atoms with E-state index in [1.54, 1.807) is 9.58 Å². The van der Waals surface area contributed by atoms with Gasteiger partial charge in [-0.25, -0.2) is 0 Å². The Kier molecular flexibility index (Phi) is 6.17. The van der Waals surface area contributed by atoms with Gasteiger partial charge >= 0.3 is 0 Å². The zero-order valence-corrected chi connectivity index (χ0v) is 17.2. The summed E-state index contributed by atoms with van der Waals surface area (Å²) in [5.41, 5.74) is 3.44. The van der Waals surface area contributed by atoms with Gasteiger partial charge in [0.2, 0.25) is 5.91 Å². The van der Waals surface area contributed by atoms with Crippen LogP contribution in [0.5, 0.6) is 0 Å². The summed E-state index contributed by atoms with van der Waals surface area (Å²) in [4.78, 5) is 28.0. The van der Waals surface area contributed by atoms with E-state index in [9.17, 15) is 9.59 Å². The number of rotatable bonds is 6. The van der Waals surface area contributed by atoms with Crippen LogP contribution in [0.25, 0.3) is 0 Å². The Morgan fingerprint density at radius 2 is 2.00 bits per heavy atom. The highest BCUT2D eigenvalue weighted by atomic mass is 16.2. The predicted octanol–water partition coefficient (Wildman–Crippen LogP) is 2.85. The van der Waals surface area contributed by atoms with Gasteiger partial charge in [-0.1, -0.05) is 44.2 Å². The Labute approximate surface area is 166 Å². The van der Waals surface area contributed by atoms with Crippen molar-refractivity contribution in [2.45, 2.75) is 52.6 Å². The minimum atomic E-state index is -0.487. The van der Waals surface area contributed by atoms with E-state index in [1.165, 1.54) is 0 Å². The smallest absolute Gasteiger partial charge is 0.275 e. The van der Waals surface area contributed by atoms with Gasteiger partial charge in [-0.05, 0) is 37.7 Å². The molecule has 0 radical (unpaired) electrons. The Hall–Kier alpha value is -2.63. The number of nitrogens with one attached hydrogen (secondary N) is 1. The monoisotopic (exact) mass is 382 g/mol. The zero-order valence-electron chi connectivity index (χ0n) is 17.2. The fourth-order valence-electron chi connectivity index (χ4n) is 3.67. The van der Waals surface area contributed by atoms with Crippen LogP contribution >= 0.6 is 0 Å². The Balaban J connectivity index is 1.88. The average Bonchev–Trinajstić information content (AvgIpc) is 2.87. The van der Waals surface area contributed by atoms with Crippen LogP contribution in [0.15, 0.2) is 30.3 Å². The van der Waals surface area contributed by atoms with E-state index >= 15 is 0 Å². The number of carbonyl (C=O) groups excluding carboxylic acids is 2. The van der Waals surface area contributed by atoms with Crippen molar-refractivity contribution in [3.05, 3.63) is 52.8 Å². The molecule has 28 heavy (non-hydrogen) atoms. The average molecular weight is 383 g/mol. The van der Waals surface area contributed by atoms with Gasteiger partial charge in [-0.15, -0.1) is 0 Å². The molecule has 1 aromatic heterocycles. The molecule has 1 atom stereocenters. The molecule has 2 aromatic rings. The van der Waals surface area contributed by atoms with Gasteiger partial charge < -0.3 is 10.2 Å². The second kappa shape index (κ2) is 8.59. The van der Waals surface area contributed by atoms with Crippen LogP contribution in [0, 0.1) is 12.8 Å². The number of amides is 2. The Morgan fingerprint density at radius 3 is 2.68 bits per heavy atom. The molecular weight excluding hydrogens is 352 g/mol.